The first-order valence-corrected chi connectivity index (χ1v) is 7.53. The van der Waals surface area contributed by atoms with Gasteiger partial charge in [-0.1, -0.05) is 19.1 Å². The van der Waals surface area contributed by atoms with E-state index in [1.165, 1.54) is 23.1 Å². The van der Waals surface area contributed by atoms with Gasteiger partial charge in [0, 0.05) is 24.9 Å². The minimum absolute atomic E-state index is 0.111. The lowest BCUT2D eigenvalue weighted by Gasteiger charge is -2.33. The quantitative estimate of drug-likeness (QED) is 0.507. The van der Waals surface area contributed by atoms with Crippen LogP contribution in [0.5, 0.6) is 0 Å². The van der Waals surface area contributed by atoms with E-state index < -0.39 is 23.0 Å². The van der Waals surface area contributed by atoms with E-state index in [2.05, 4.69) is 5.32 Å². The fraction of sp³-hybridized carbons (Fsp3) is 0.375. The normalized spacial score (nSPS) is 17.5. The summed E-state index contributed by atoms with van der Waals surface area (Å²) in [7, 11) is 1.54. The van der Waals surface area contributed by atoms with Gasteiger partial charge in [-0.15, -0.1) is 0 Å². The molecule has 1 aromatic rings. The summed E-state index contributed by atoms with van der Waals surface area (Å²) in [6.45, 7) is 3.78. The number of nitrogens with zero attached hydrogens (tertiary/aromatic N) is 2. The molecule has 1 aliphatic heterocycles. The van der Waals surface area contributed by atoms with Crippen molar-refractivity contribution in [3.63, 3.8) is 0 Å². The molecule has 0 aliphatic carbocycles. The molecule has 8 nitrogen and oxygen atoms in total. The third kappa shape index (κ3) is 3.37. The lowest BCUT2D eigenvalue weighted by atomic mass is 9.95. The molecule has 0 fully saturated rings. The zero-order chi connectivity index (χ0) is 17.9. The number of nitro groups is 1. The monoisotopic (exact) mass is 333 g/mol. The summed E-state index contributed by atoms with van der Waals surface area (Å²) in [6.07, 6.45) is 0.668. The Labute approximate surface area is 139 Å². The zero-order valence-corrected chi connectivity index (χ0v) is 13.7. The van der Waals surface area contributed by atoms with Crippen molar-refractivity contribution in [2.75, 3.05) is 13.7 Å². The lowest BCUT2D eigenvalue weighted by molar-refractivity contribution is -0.384. The predicted octanol–water partition coefficient (Wildman–Crippen LogP) is 2.52. The maximum atomic E-state index is 12.4. The number of hydrogen-bond acceptors (Lipinski definition) is 5. The SMILES string of the molecule is CCCOC(=O)C1=C(C)N(C)C(=O)N[C@H]1c1cccc([N+](=O)[O-])c1. The van der Waals surface area contributed by atoms with Crippen LogP contribution in [0.4, 0.5) is 10.5 Å². The first-order valence-electron chi connectivity index (χ1n) is 7.53. The van der Waals surface area contributed by atoms with Crippen molar-refractivity contribution in [1.29, 1.82) is 0 Å². The van der Waals surface area contributed by atoms with Crippen molar-refractivity contribution < 1.29 is 19.2 Å². The number of hydrogen-bond donors (Lipinski definition) is 1. The summed E-state index contributed by atoms with van der Waals surface area (Å²) < 4.78 is 5.21. The predicted molar refractivity (Wildman–Crippen MR) is 86.1 cm³/mol. The Bertz CT molecular complexity index is 713. The second-order valence-electron chi connectivity index (χ2n) is 5.43. The Morgan fingerprint density at radius 2 is 2.17 bits per heavy atom. The molecule has 1 aromatic carbocycles. The molecule has 0 saturated carbocycles. The largest absolute Gasteiger partial charge is 0.462 e. The highest BCUT2D eigenvalue weighted by Gasteiger charge is 2.35. The fourth-order valence-electron chi connectivity index (χ4n) is 2.44. The van der Waals surface area contributed by atoms with Crippen LogP contribution in [0.2, 0.25) is 0 Å². The van der Waals surface area contributed by atoms with E-state index in [0.29, 0.717) is 17.7 Å². The molecule has 1 N–H and O–H groups in total. The van der Waals surface area contributed by atoms with Crippen molar-refractivity contribution in [3.05, 3.63) is 51.2 Å². The molecule has 0 spiro atoms. The van der Waals surface area contributed by atoms with Gasteiger partial charge in [-0.2, -0.15) is 0 Å². The number of allylic oxidation sites excluding steroid dienone is 1. The molecule has 1 atom stereocenters. The number of non-ortho nitro benzene ring substituents is 1. The van der Waals surface area contributed by atoms with E-state index in [1.54, 1.807) is 20.0 Å². The summed E-state index contributed by atoms with van der Waals surface area (Å²) in [5.74, 6) is -0.544. The number of rotatable bonds is 5. The third-order valence-corrected chi connectivity index (χ3v) is 3.83. The van der Waals surface area contributed by atoms with Gasteiger partial charge < -0.3 is 15.0 Å². The van der Waals surface area contributed by atoms with Gasteiger partial charge in [0.05, 0.1) is 23.1 Å². The van der Waals surface area contributed by atoms with E-state index in [-0.39, 0.29) is 17.9 Å². The maximum Gasteiger partial charge on any atom is 0.338 e. The number of carbonyl (C=O) groups is 2. The minimum atomic E-state index is -0.794. The second kappa shape index (κ2) is 7.12. The molecular weight excluding hydrogens is 314 g/mol. The number of esters is 1. The van der Waals surface area contributed by atoms with Crippen LogP contribution in [0.3, 0.4) is 0 Å². The van der Waals surface area contributed by atoms with E-state index in [1.807, 2.05) is 6.92 Å². The summed E-state index contributed by atoms with van der Waals surface area (Å²) >= 11 is 0. The van der Waals surface area contributed by atoms with Gasteiger partial charge >= 0.3 is 12.0 Å². The maximum absolute atomic E-state index is 12.4. The van der Waals surface area contributed by atoms with Gasteiger partial charge in [0.2, 0.25) is 0 Å². The number of urea groups is 1. The number of carbonyl (C=O) groups excluding carboxylic acids is 2. The Hall–Kier alpha value is -2.90. The second-order valence-corrected chi connectivity index (χ2v) is 5.43. The molecule has 2 amide bonds. The first-order chi connectivity index (χ1) is 11.4. The number of nitrogens with one attached hydrogen (secondary N) is 1. The highest BCUT2D eigenvalue weighted by molar-refractivity contribution is 5.95. The number of ether oxygens (including phenoxy) is 1. The molecule has 2 rings (SSSR count). The molecular formula is C16H19N3O5. The molecule has 0 unspecified atom stereocenters. The van der Waals surface area contributed by atoms with Gasteiger partial charge in [0.25, 0.3) is 5.69 Å². The van der Waals surface area contributed by atoms with Crippen molar-refractivity contribution in [2.45, 2.75) is 26.3 Å². The number of nitro benzene ring substituents is 1. The molecule has 0 radical (unpaired) electrons. The molecule has 0 saturated heterocycles. The summed E-state index contributed by atoms with van der Waals surface area (Å²) in [5.41, 5.74) is 1.07. The average Bonchev–Trinajstić information content (AvgIpc) is 2.57. The van der Waals surface area contributed by atoms with Crippen molar-refractivity contribution in [3.8, 4) is 0 Å². The lowest BCUT2D eigenvalue weighted by Crippen LogP contribution is -2.46. The van der Waals surface area contributed by atoms with Gasteiger partial charge in [-0.3, -0.25) is 10.1 Å². The van der Waals surface area contributed by atoms with Crippen molar-refractivity contribution in [2.24, 2.45) is 0 Å². The van der Waals surface area contributed by atoms with Crippen LogP contribution in [0.15, 0.2) is 35.5 Å². The van der Waals surface area contributed by atoms with Crippen LogP contribution in [0.25, 0.3) is 0 Å². The highest BCUT2D eigenvalue weighted by atomic mass is 16.6. The smallest absolute Gasteiger partial charge is 0.338 e. The van der Waals surface area contributed by atoms with Gasteiger partial charge in [-0.25, -0.2) is 9.59 Å². The molecule has 1 heterocycles. The molecule has 128 valence electrons. The van der Waals surface area contributed by atoms with Crippen LogP contribution in [0, 0.1) is 10.1 Å². The Morgan fingerprint density at radius 1 is 1.46 bits per heavy atom. The van der Waals surface area contributed by atoms with Gasteiger partial charge in [0.15, 0.2) is 0 Å². The first kappa shape index (κ1) is 17.5. The van der Waals surface area contributed by atoms with Crippen LogP contribution in [0.1, 0.15) is 31.9 Å². The van der Waals surface area contributed by atoms with Crippen LogP contribution < -0.4 is 5.32 Å². The Kier molecular flexibility index (Phi) is 5.18. The van der Waals surface area contributed by atoms with E-state index >= 15 is 0 Å². The van der Waals surface area contributed by atoms with Gasteiger partial charge in [-0.05, 0) is 18.9 Å². The van der Waals surface area contributed by atoms with Gasteiger partial charge in [0.1, 0.15) is 0 Å². The fourth-order valence-corrected chi connectivity index (χ4v) is 2.44. The van der Waals surface area contributed by atoms with Crippen molar-refractivity contribution in [1.82, 2.24) is 10.2 Å². The molecule has 0 bridgehead atoms. The Balaban J connectivity index is 2.49. The average molecular weight is 333 g/mol. The number of amides is 2. The minimum Gasteiger partial charge on any atom is -0.462 e. The summed E-state index contributed by atoms with van der Waals surface area (Å²) in [6, 6.07) is 4.66. The highest BCUT2D eigenvalue weighted by Crippen LogP contribution is 2.32. The van der Waals surface area contributed by atoms with E-state index in [4.69, 9.17) is 4.74 Å². The molecule has 0 aromatic heterocycles. The Morgan fingerprint density at radius 3 is 2.79 bits per heavy atom. The molecule has 8 heteroatoms. The molecule has 1 aliphatic rings. The molecule has 24 heavy (non-hydrogen) atoms. The van der Waals surface area contributed by atoms with Crippen LogP contribution in [-0.2, 0) is 9.53 Å². The van der Waals surface area contributed by atoms with E-state index in [9.17, 15) is 19.7 Å². The van der Waals surface area contributed by atoms with Crippen LogP contribution in [-0.4, -0.2) is 35.5 Å². The standard InChI is InChI=1S/C16H19N3O5/c1-4-8-24-15(20)13-10(2)18(3)16(21)17-14(13)11-6-5-7-12(9-11)19(22)23/h5-7,9,14H,4,8H2,1-3H3,(H,17,21)/t14-/m0/s1. The third-order valence-electron chi connectivity index (χ3n) is 3.83. The zero-order valence-electron chi connectivity index (χ0n) is 13.7. The van der Waals surface area contributed by atoms with Crippen molar-refractivity contribution >= 4 is 17.7 Å². The summed E-state index contributed by atoms with van der Waals surface area (Å²) in [5, 5.41) is 13.7. The topological polar surface area (TPSA) is 102 Å². The van der Waals surface area contributed by atoms with Crippen LogP contribution >= 0.6 is 0 Å². The van der Waals surface area contributed by atoms with E-state index in [0.717, 1.165) is 0 Å². The number of benzene rings is 1. The summed E-state index contributed by atoms with van der Waals surface area (Å²) in [4.78, 5) is 36.3.